The summed E-state index contributed by atoms with van der Waals surface area (Å²) in [4.78, 5) is 74.6. The summed E-state index contributed by atoms with van der Waals surface area (Å²) in [5, 5.41) is 17.1. The zero-order chi connectivity index (χ0) is 43.0. The Hall–Kier alpha value is -3.89. The van der Waals surface area contributed by atoms with Crippen LogP contribution in [0.2, 0.25) is 0 Å². The van der Waals surface area contributed by atoms with E-state index in [-0.39, 0.29) is 51.3 Å². The fourth-order valence-electron chi connectivity index (χ4n) is 8.64. The van der Waals surface area contributed by atoms with Crippen LogP contribution in [0.4, 0.5) is 0 Å². The third-order valence-electron chi connectivity index (χ3n) is 11.5. The molecule has 0 radical (unpaired) electrons. The fourth-order valence-corrected chi connectivity index (χ4v) is 8.64. The van der Waals surface area contributed by atoms with Gasteiger partial charge < -0.3 is 39.6 Å². The lowest BCUT2D eigenvalue weighted by Crippen LogP contribution is -2.69. The number of amides is 3. The summed E-state index contributed by atoms with van der Waals surface area (Å²) >= 11 is 0. The number of aliphatic hydroxyl groups is 1. The minimum atomic E-state index is -1.43. The quantitative estimate of drug-likeness (QED) is 0.0908. The van der Waals surface area contributed by atoms with Crippen LogP contribution in [0, 0.1) is 5.41 Å². The van der Waals surface area contributed by atoms with Crippen molar-refractivity contribution in [2.45, 2.75) is 166 Å². The van der Waals surface area contributed by atoms with Gasteiger partial charge in [-0.15, -0.1) is 0 Å². The highest BCUT2D eigenvalue weighted by Gasteiger charge is 2.76. The number of ether oxygens (including phenoxy) is 4. The summed E-state index contributed by atoms with van der Waals surface area (Å²) in [6.45, 7) is 9.28. The van der Waals surface area contributed by atoms with Crippen molar-refractivity contribution in [1.82, 2.24) is 20.6 Å². The molecule has 1 aromatic rings. The third-order valence-corrected chi connectivity index (χ3v) is 11.5. The number of carbonyl (C=O) groups is 5. The first-order chi connectivity index (χ1) is 28.0. The summed E-state index contributed by atoms with van der Waals surface area (Å²) in [6, 6.07) is 5.69. The Morgan fingerprint density at radius 1 is 1.03 bits per heavy atom. The SMILES string of the molecule is CCCCCC1(CCCCC)OC2C3CC4(C(=O)NCCC(=O)NC(CO)CCC(=O)OC(C)(C)C)C(ON(Cc5cccc(C=CC(=O)N(C)C)c5)C4C(=O)O3)C2O1. The number of nitrogens with one attached hydrogen (secondary N) is 2. The second-order valence-electron chi connectivity index (χ2n) is 17.6. The number of nitrogens with zero attached hydrogens (tertiary/aromatic N) is 2. The average molecular weight is 827 g/mol. The second-order valence-corrected chi connectivity index (χ2v) is 17.6. The van der Waals surface area contributed by atoms with Crippen LogP contribution in [0.25, 0.3) is 6.08 Å². The van der Waals surface area contributed by atoms with Gasteiger partial charge in [-0.1, -0.05) is 63.8 Å². The molecule has 1 saturated carbocycles. The van der Waals surface area contributed by atoms with Gasteiger partial charge in [-0.05, 0) is 57.2 Å². The van der Waals surface area contributed by atoms with Crippen LogP contribution in [0.15, 0.2) is 30.3 Å². The molecule has 1 aromatic carbocycles. The first-order valence-corrected chi connectivity index (χ1v) is 21.4. The fraction of sp³-hybridized carbons (Fsp3) is 0.705. The van der Waals surface area contributed by atoms with E-state index in [1.165, 1.54) is 16.0 Å². The van der Waals surface area contributed by atoms with Gasteiger partial charge in [0.1, 0.15) is 35.4 Å². The van der Waals surface area contributed by atoms with Gasteiger partial charge in [-0.25, -0.2) is 0 Å². The predicted octanol–water partition coefficient (Wildman–Crippen LogP) is 4.33. The predicted molar refractivity (Wildman–Crippen MR) is 218 cm³/mol. The smallest absolute Gasteiger partial charge is 0.327 e. The number of hydrogen-bond acceptors (Lipinski definition) is 12. The Balaban J connectivity index is 1.37. The van der Waals surface area contributed by atoms with Gasteiger partial charge in [0, 0.05) is 58.8 Å². The van der Waals surface area contributed by atoms with Gasteiger partial charge in [0.2, 0.25) is 17.7 Å². The molecular formula is C44H66N4O11. The second kappa shape index (κ2) is 20.1. The highest BCUT2D eigenvalue weighted by molar-refractivity contribution is 5.94. The molecule has 0 spiro atoms. The third kappa shape index (κ3) is 11.3. The molecule has 4 fully saturated rings. The van der Waals surface area contributed by atoms with Crippen molar-refractivity contribution in [2.24, 2.45) is 5.41 Å². The van der Waals surface area contributed by atoms with Gasteiger partial charge in [0.15, 0.2) is 11.8 Å². The summed E-state index contributed by atoms with van der Waals surface area (Å²) < 4.78 is 25.3. The van der Waals surface area contributed by atoms with E-state index >= 15 is 0 Å². The molecule has 3 amide bonds. The zero-order valence-electron chi connectivity index (χ0n) is 36.0. The first kappa shape index (κ1) is 46.2. The van der Waals surface area contributed by atoms with Gasteiger partial charge >= 0.3 is 11.9 Å². The standard InChI is InChI=1S/C44H66N4O11/c1-8-10-12-22-43(23-13-11-9-2)57-36-32-26-44(41(54)45-24-21-33(50)46-31(28-49)18-20-35(52)56-42(3,4)5)38(40(53)55-32)48(59-39(44)37(36)58-43)27-30-16-14-15-29(25-30)17-19-34(51)47(6)7/h14-17,19,25,31-32,36-39,49H,8-13,18,20-24,26-28H2,1-7H3,(H,45,54)(H,46,50). The number of aliphatic hydroxyl groups excluding tert-OH is 1. The highest BCUT2D eigenvalue weighted by Crippen LogP contribution is 2.58. The van der Waals surface area contributed by atoms with E-state index in [0.717, 1.165) is 49.7 Å². The van der Waals surface area contributed by atoms with Crippen LogP contribution in [0.5, 0.6) is 0 Å². The molecule has 15 nitrogen and oxygen atoms in total. The molecule has 3 N–H and O–H groups in total. The summed E-state index contributed by atoms with van der Waals surface area (Å²) in [7, 11) is 3.35. The van der Waals surface area contributed by atoms with Crippen molar-refractivity contribution in [3.63, 3.8) is 0 Å². The molecular weight excluding hydrogens is 761 g/mol. The number of esters is 2. The molecule has 15 heteroatoms. The highest BCUT2D eigenvalue weighted by atomic mass is 16.8. The van der Waals surface area contributed by atoms with E-state index in [4.69, 9.17) is 23.8 Å². The molecule has 328 valence electrons. The summed E-state index contributed by atoms with van der Waals surface area (Å²) in [5.41, 5.74) is -0.524. The number of hydroxylamine groups is 2. The number of hydrogen-bond donors (Lipinski definition) is 3. The number of fused-ring (bicyclic) bond motifs is 4. The Morgan fingerprint density at radius 2 is 1.73 bits per heavy atom. The lowest BCUT2D eigenvalue weighted by Gasteiger charge is -2.48. The van der Waals surface area contributed by atoms with E-state index in [1.807, 2.05) is 24.3 Å². The lowest BCUT2D eigenvalue weighted by atomic mass is 9.62. The number of unbranched alkanes of at least 4 members (excludes halogenated alkanes) is 4. The van der Waals surface area contributed by atoms with Crippen LogP contribution < -0.4 is 10.6 Å². The molecule has 2 bridgehead atoms. The van der Waals surface area contributed by atoms with Crippen LogP contribution in [-0.4, -0.2) is 120 Å². The molecule has 3 aliphatic heterocycles. The van der Waals surface area contributed by atoms with E-state index in [9.17, 15) is 29.1 Å². The molecule has 5 rings (SSSR count). The summed E-state index contributed by atoms with van der Waals surface area (Å²) in [6.07, 6.45) is 7.59. The molecule has 0 aromatic heterocycles. The normalized spacial score (nSPS) is 26.2. The van der Waals surface area contributed by atoms with Gasteiger partial charge in [-0.3, -0.25) is 28.8 Å². The van der Waals surface area contributed by atoms with E-state index in [1.54, 1.807) is 40.9 Å². The number of benzene rings is 1. The Kier molecular flexibility index (Phi) is 15.7. The van der Waals surface area contributed by atoms with Crippen LogP contribution in [-0.2, 0) is 54.3 Å². The minimum Gasteiger partial charge on any atom is -0.460 e. The van der Waals surface area contributed by atoms with Gasteiger partial charge in [0.25, 0.3) is 0 Å². The molecule has 7 unspecified atom stereocenters. The average Bonchev–Trinajstić information content (AvgIpc) is 3.73. The monoisotopic (exact) mass is 826 g/mol. The Bertz CT molecular complexity index is 1670. The maximum atomic E-state index is 14.7. The summed E-state index contributed by atoms with van der Waals surface area (Å²) in [5.74, 6) is -2.98. The zero-order valence-corrected chi connectivity index (χ0v) is 36.0. The van der Waals surface area contributed by atoms with Crippen molar-refractivity contribution in [2.75, 3.05) is 27.2 Å². The minimum absolute atomic E-state index is 0.0160. The molecule has 7 atom stereocenters. The largest absolute Gasteiger partial charge is 0.460 e. The van der Waals surface area contributed by atoms with Crippen molar-refractivity contribution in [3.05, 3.63) is 41.5 Å². The van der Waals surface area contributed by atoms with Crippen molar-refractivity contribution in [3.8, 4) is 0 Å². The van der Waals surface area contributed by atoms with Crippen LogP contribution in [0.1, 0.15) is 123 Å². The molecule has 4 aliphatic rings. The van der Waals surface area contributed by atoms with Gasteiger partial charge in [0.05, 0.1) is 19.2 Å². The van der Waals surface area contributed by atoms with Crippen LogP contribution in [0.3, 0.4) is 0 Å². The number of carbonyl (C=O) groups excluding carboxylic acids is 5. The van der Waals surface area contributed by atoms with Gasteiger partial charge in [-0.2, -0.15) is 5.06 Å². The van der Waals surface area contributed by atoms with E-state index in [0.29, 0.717) is 12.8 Å². The number of rotatable bonds is 21. The molecule has 59 heavy (non-hydrogen) atoms. The molecule has 3 saturated heterocycles. The van der Waals surface area contributed by atoms with E-state index < -0.39 is 77.1 Å². The Morgan fingerprint density at radius 3 is 2.37 bits per heavy atom. The first-order valence-electron chi connectivity index (χ1n) is 21.4. The maximum Gasteiger partial charge on any atom is 0.327 e. The molecule has 3 heterocycles. The topological polar surface area (TPSA) is 182 Å². The van der Waals surface area contributed by atoms with Crippen molar-refractivity contribution >= 4 is 35.7 Å². The van der Waals surface area contributed by atoms with Crippen LogP contribution >= 0.6 is 0 Å². The number of likely N-dealkylation sites (N-methyl/N-ethyl adjacent to an activating group) is 1. The molecule has 1 aliphatic carbocycles. The van der Waals surface area contributed by atoms with E-state index in [2.05, 4.69) is 24.5 Å². The Labute approximate surface area is 348 Å². The van der Waals surface area contributed by atoms with Crippen molar-refractivity contribution < 1.29 is 52.9 Å². The maximum absolute atomic E-state index is 14.7. The van der Waals surface area contributed by atoms with Crippen molar-refractivity contribution in [1.29, 1.82) is 0 Å². The lowest BCUT2D eigenvalue weighted by molar-refractivity contribution is -0.224.